The zero-order chi connectivity index (χ0) is 14.8. The molecule has 1 N–H and O–H groups in total. The fraction of sp³-hybridized carbons (Fsp3) is 0.357. The van der Waals surface area contributed by atoms with Crippen LogP contribution in [0.1, 0.15) is 17.5 Å². The largest absolute Gasteiger partial charge is 0.299 e. The third-order valence-corrected chi connectivity index (χ3v) is 3.61. The summed E-state index contributed by atoms with van der Waals surface area (Å²) < 4.78 is 0. The lowest BCUT2D eigenvalue weighted by Gasteiger charge is -2.03. The van der Waals surface area contributed by atoms with Crippen molar-refractivity contribution in [3.8, 4) is 0 Å². The van der Waals surface area contributed by atoms with E-state index in [0.29, 0.717) is 11.5 Å². The third-order valence-electron chi connectivity index (χ3n) is 2.62. The van der Waals surface area contributed by atoms with E-state index in [9.17, 15) is 9.70 Å². The predicted octanol–water partition coefficient (Wildman–Crippen LogP) is 2.71. The van der Waals surface area contributed by atoms with Gasteiger partial charge in [-0.1, -0.05) is 24.3 Å². The monoisotopic (exact) mass is 291 g/mol. The minimum atomic E-state index is -0.585. The van der Waals surface area contributed by atoms with E-state index < -0.39 is 5.91 Å². The van der Waals surface area contributed by atoms with Crippen molar-refractivity contribution >= 4 is 29.6 Å². The normalized spacial score (nSPS) is 10.7. The summed E-state index contributed by atoms with van der Waals surface area (Å²) in [5.41, 5.74) is 2.42. The Morgan fingerprint density at radius 2 is 2.00 bits per heavy atom. The summed E-state index contributed by atoms with van der Waals surface area (Å²) >= 11 is 1.63. The van der Waals surface area contributed by atoms with Gasteiger partial charge in [0.15, 0.2) is 0 Å². The number of aryl methyl sites for hydroxylation is 1. The Kier molecular flexibility index (Phi) is 7.42. The Labute approximate surface area is 122 Å². The third kappa shape index (κ3) is 5.88. The van der Waals surface area contributed by atoms with Gasteiger partial charge in [-0.15, -0.1) is 4.91 Å². The first kappa shape index (κ1) is 16.2. The van der Waals surface area contributed by atoms with E-state index in [0.717, 1.165) is 17.7 Å². The number of aliphatic imine (C=N–C) groups is 1. The smallest absolute Gasteiger partial charge is 0.287 e. The second kappa shape index (κ2) is 9.14. The van der Waals surface area contributed by atoms with Gasteiger partial charge >= 0.3 is 0 Å². The lowest BCUT2D eigenvalue weighted by molar-refractivity contribution is -0.117. The number of carbonyl (C=O) groups excluding carboxylic acids is 1. The van der Waals surface area contributed by atoms with Crippen molar-refractivity contribution in [2.75, 3.05) is 18.6 Å². The highest BCUT2D eigenvalue weighted by Gasteiger charge is 2.01. The number of amides is 1. The molecule has 0 radical (unpaired) electrons. The first-order valence-corrected chi connectivity index (χ1v) is 7.36. The molecule has 0 heterocycles. The standard InChI is InChI=1S/C14H17N3O2S/c1-16-10-13(15)12-4-2-11(3-5-12)6-8-20-9-7-14(18)17-19/h2-5,10,15H,6-9H2,1H3. The van der Waals surface area contributed by atoms with E-state index in [4.69, 9.17) is 5.41 Å². The fourth-order valence-corrected chi connectivity index (χ4v) is 2.45. The minimum absolute atomic E-state index is 0.209. The molecule has 0 aliphatic carbocycles. The van der Waals surface area contributed by atoms with Gasteiger partial charge in [0.05, 0.1) is 5.71 Å². The highest BCUT2D eigenvalue weighted by Crippen LogP contribution is 2.10. The van der Waals surface area contributed by atoms with Gasteiger partial charge in [-0.25, -0.2) is 0 Å². The average Bonchev–Trinajstić information content (AvgIpc) is 2.47. The quantitative estimate of drug-likeness (QED) is 0.454. The summed E-state index contributed by atoms with van der Waals surface area (Å²) in [6.07, 6.45) is 2.62. The lowest BCUT2D eigenvalue weighted by Crippen LogP contribution is -2.00. The topological polar surface area (TPSA) is 82.7 Å². The number of benzene rings is 1. The highest BCUT2D eigenvalue weighted by molar-refractivity contribution is 7.99. The molecule has 5 nitrogen and oxygen atoms in total. The molecule has 0 unspecified atom stereocenters. The number of nitrogens with zero attached hydrogens (tertiary/aromatic N) is 2. The van der Waals surface area contributed by atoms with Crippen LogP contribution in [-0.4, -0.2) is 36.4 Å². The number of thioether (sulfide) groups is 1. The molecule has 0 fully saturated rings. The first-order chi connectivity index (χ1) is 9.67. The first-order valence-electron chi connectivity index (χ1n) is 6.21. The summed E-state index contributed by atoms with van der Waals surface area (Å²) in [5.74, 6) is 0.928. The van der Waals surface area contributed by atoms with Crippen LogP contribution in [0, 0.1) is 10.3 Å². The molecule has 0 aromatic heterocycles. The zero-order valence-electron chi connectivity index (χ0n) is 11.3. The molecule has 0 aliphatic heterocycles. The average molecular weight is 291 g/mol. The number of rotatable bonds is 8. The molecule has 1 amide bonds. The van der Waals surface area contributed by atoms with Crippen molar-refractivity contribution in [3.05, 3.63) is 40.3 Å². The summed E-state index contributed by atoms with van der Waals surface area (Å²) in [7, 11) is 1.64. The Hall–Kier alpha value is -1.82. The number of nitrogens with one attached hydrogen (secondary N) is 1. The number of nitroso groups, excluding NO2 is 1. The molecule has 0 aliphatic rings. The van der Waals surface area contributed by atoms with Crippen LogP contribution in [0.15, 0.2) is 34.4 Å². The van der Waals surface area contributed by atoms with E-state index in [2.05, 4.69) is 10.2 Å². The molecule has 106 valence electrons. The highest BCUT2D eigenvalue weighted by atomic mass is 32.2. The molecule has 0 spiro atoms. The summed E-state index contributed by atoms with van der Waals surface area (Å²) in [6, 6.07) is 7.80. The SMILES string of the molecule is CN=CC(=N)c1ccc(CCSCCC(=O)N=O)cc1. The van der Waals surface area contributed by atoms with E-state index in [1.807, 2.05) is 24.3 Å². The van der Waals surface area contributed by atoms with Gasteiger partial charge in [0.2, 0.25) is 0 Å². The molecule has 0 bridgehead atoms. The predicted molar refractivity (Wildman–Crippen MR) is 84.1 cm³/mol. The molecule has 0 saturated heterocycles. The van der Waals surface area contributed by atoms with Crippen molar-refractivity contribution in [2.24, 2.45) is 10.2 Å². The second-order valence-electron chi connectivity index (χ2n) is 4.10. The van der Waals surface area contributed by atoms with Crippen molar-refractivity contribution < 1.29 is 4.79 Å². The van der Waals surface area contributed by atoms with Crippen LogP contribution in [0.25, 0.3) is 0 Å². The van der Waals surface area contributed by atoms with Crippen molar-refractivity contribution in [3.63, 3.8) is 0 Å². The summed E-state index contributed by atoms with van der Waals surface area (Å²) in [5, 5.41) is 10.1. The molecular weight excluding hydrogens is 274 g/mol. The summed E-state index contributed by atoms with van der Waals surface area (Å²) in [6.45, 7) is 0. The van der Waals surface area contributed by atoms with E-state index in [1.54, 1.807) is 18.8 Å². The molecule has 0 saturated carbocycles. The fourth-order valence-electron chi connectivity index (χ4n) is 1.55. The van der Waals surface area contributed by atoms with Crippen molar-refractivity contribution in [2.45, 2.75) is 12.8 Å². The number of hydrogen-bond acceptors (Lipinski definition) is 5. The van der Waals surface area contributed by atoms with Crippen LogP contribution in [0.2, 0.25) is 0 Å². The summed E-state index contributed by atoms with van der Waals surface area (Å²) in [4.78, 5) is 24.4. The molecule has 1 rings (SSSR count). The molecule has 20 heavy (non-hydrogen) atoms. The van der Waals surface area contributed by atoms with Crippen LogP contribution >= 0.6 is 11.8 Å². The molecule has 1 aromatic carbocycles. The Morgan fingerprint density at radius 1 is 1.30 bits per heavy atom. The molecular formula is C14H17N3O2S. The molecule has 0 atom stereocenters. The van der Waals surface area contributed by atoms with Gasteiger partial charge in [-0.05, 0) is 17.7 Å². The maximum absolute atomic E-state index is 10.7. The van der Waals surface area contributed by atoms with E-state index in [-0.39, 0.29) is 6.42 Å². The molecule has 1 aromatic rings. The Balaban J connectivity index is 2.33. The minimum Gasteiger partial charge on any atom is -0.299 e. The lowest BCUT2D eigenvalue weighted by atomic mass is 10.1. The maximum Gasteiger partial charge on any atom is 0.287 e. The Morgan fingerprint density at radius 3 is 2.60 bits per heavy atom. The molecule has 6 heteroatoms. The van der Waals surface area contributed by atoms with Crippen LogP contribution < -0.4 is 0 Å². The van der Waals surface area contributed by atoms with Crippen LogP contribution in [0.5, 0.6) is 0 Å². The Bertz CT molecular complexity index is 498. The van der Waals surface area contributed by atoms with Gasteiger partial charge in [-0.3, -0.25) is 15.2 Å². The number of hydrogen-bond donors (Lipinski definition) is 1. The maximum atomic E-state index is 10.7. The van der Waals surface area contributed by atoms with Crippen molar-refractivity contribution in [1.29, 1.82) is 5.41 Å². The van der Waals surface area contributed by atoms with Gasteiger partial charge < -0.3 is 0 Å². The van der Waals surface area contributed by atoms with Gasteiger partial charge in [0.1, 0.15) is 0 Å². The van der Waals surface area contributed by atoms with Crippen LogP contribution in [-0.2, 0) is 11.2 Å². The second-order valence-corrected chi connectivity index (χ2v) is 5.32. The zero-order valence-corrected chi connectivity index (χ0v) is 12.2. The number of carbonyl (C=O) groups is 1. The van der Waals surface area contributed by atoms with Crippen molar-refractivity contribution in [1.82, 2.24) is 0 Å². The van der Waals surface area contributed by atoms with Crippen LogP contribution in [0.3, 0.4) is 0 Å². The van der Waals surface area contributed by atoms with Gasteiger partial charge in [-0.2, -0.15) is 11.8 Å². The van der Waals surface area contributed by atoms with Gasteiger partial charge in [0.25, 0.3) is 5.91 Å². The van der Waals surface area contributed by atoms with Gasteiger partial charge in [0, 0.05) is 36.2 Å². The van der Waals surface area contributed by atoms with E-state index in [1.165, 1.54) is 11.8 Å². The van der Waals surface area contributed by atoms with Crippen LogP contribution in [0.4, 0.5) is 0 Å². The van der Waals surface area contributed by atoms with E-state index >= 15 is 0 Å².